The highest BCUT2D eigenvalue weighted by Gasteiger charge is 2.18. The molecule has 1 rings (SSSR count). The largest absolute Gasteiger partial charge is 0.396 e. The van der Waals surface area contributed by atoms with Crippen LogP contribution in [0.25, 0.3) is 0 Å². The van der Waals surface area contributed by atoms with Gasteiger partial charge in [-0.2, -0.15) is 0 Å². The molecule has 0 atom stereocenters. The third-order valence-electron chi connectivity index (χ3n) is 1.48. The van der Waals surface area contributed by atoms with Gasteiger partial charge in [-0.25, -0.2) is 13.8 Å². The molecule has 0 unspecified atom stereocenters. The standard InChI is InChI=1S/C7H4ClF2IN2O/c8-5(14)3-1-2(6(9)10)4(12)7(11)13-3/h1,6H,12H2. The normalized spacial score (nSPS) is 10.6. The molecular weight excluding hydrogens is 328 g/mol. The molecule has 76 valence electrons. The minimum absolute atomic E-state index is 0.123. The Morgan fingerprint density at radius 1 is 1.64 bits per heavy atom. The monoisotopic (exact) mass is 332 g/mol. The first kappa shape index (κ1) is 11.6. The second kappa shape index (κ2) is 4.35. The summed E-state index contributed by atoms with van der Waals surface area (Å²) in [6.07, 6.45) is -2.75. The molecule has 3 nitrogen and oxygen atoms in total. The van der Waals surface area contributed by atoms with Crippen LogP contribution in [0.15, 0.2) is 6.07 Å². The van der Waals surface area contributed by atoms with Gasteiger partial charge in [0.25, 0.3) is 11.7 Å². The predicted octanol–water partition coefficient (Wildman–Crippen LogP) is 2.58. The highest BCUT2D eigenvalue weighted by atomic mass is 127. The molecule has 2 N–H and O–H groups in total. The molecule has 0 bridgehead atoms. The molecule has 0 aliphatic heterocycles. The van der Waals surface area contributed by atoms with Crippen molar-refractivity contribution < 1.29 is 13.6 Å². The Kier molecular flexibility index (Phi) is 3.59. The molecule has 1 aromatic rings. The number of carbonyl (C=O) groups is 1. The van der Waals surface area contributed by atoms with Crippen LogP contribution in [0.3, 0.4) is 0 Å². The SMILES string of the molecule is Nc1c(C(F)F)cc(C(=O)Cl)nc1I. The summed E-state index contributed by atoms with van der Waals surface area (Å²) in [7, 11) is 0. The number of nitrogens with zero attached hydrogens (tertiary/aromatic N) is 1. The smallest absolute Gasteiger partial charge is 0.270 e. The van der Waals surface area contributed by atoms with Gasteiger partial charge in [-0.1, -0.05) is 0 Å². The molecule has 0 aliphatic carbocycles. The van der Waals surface area contributed by atoms with E-state index in [0.29, 0.717) is 0 Å². The van der Waals surface area contributed by atoms with Crippen LogP contribution >= 0.6 is 34.2 Å². The van der Waals surface area contributed by atoms with Crippen LogP contribution in [0.2, 0.25) is 0 Å². The Balaban J connectivity index is 3.35. The Morgan fingerprint density at radius 2 is 2.21 bits per heavy atom. The van der Waals surface area contributed by atoms with Crippen molar-refractivity contribution in [1.29, 1.82) is 0 Å². The molecular formula is C7H4ClF2IN2O. The average molecular weight is 332 g/mol. The van der Waals surface area contributed by atoms with E-state index in [1.807, 2.05) is 0 Å². The lowest BCUT2D eigenvalue weighted by atomic mass is 10.2. The van der Waals surface area contributed by atoms with E-state index in [4.69, 9.17) is 17.3 Å². The lowest BCUT2D eigenvalue weighted by molar-refractivity contribution is 0.107. The number of aromatic nitrogens is 1. The van der Waals surface area contributed by atoms with Crippen molar-refractivity contribution in [3.63, 3.8) is 0 Å². The molecule has 0 spiro atoms. The molecule has 1 heterocycles. The fourth-order valence-electron chi connectivity index (χ4n) is 0.824. The number of carbonyl (C=O) groups excluding carboxylic acids is 1. The van der Waals surface area contributed by atoms with Crippen LogP contribution in [0, 0.1) is 3.70 Å². The fraction of sp³-hybridized carbons (Fsp3) is 0.143. The summed E-state index contributed by atoms with van der Waals surface area (Å²) < 4.78 is 24.9. The highest BCUT2D eigenvalue weighted by Crippen LogP contribution is 2.28. The van der Waals surface area contributed by atoms with Crippen LogP contribution in [-0.4, -0.2) is 10.2 Å². The average Bonchev–Trinajstić information content (AvgIpc) is 2.08. The minimum atomic E-state index is -2.75. The summed E-state index contributed by atoms with van der Waals surface area (Å²) in [5.74, 6) is 0. The number of alkyl halides is 2. The summed E-state index contributed by atoms with van der Waals surface area (Å²) in [4.78, 5) is 14.4. The highest BCUT2D eigenvalue weighted by molar-refractivity contribution is 14.1. The minimum Gasteiger partial charge on any atom is -0.396 e. The van der Waals surface area contributed by atoms with Gasteiger partial charge in [0.05, 0.1) is 5.69 Å². The molecule has 0 saturated heterocycles. The third-order valence-corrected chi connectivity index (χ3v) is 2.50. The molecule has 0 radical (unpaired) electrons. The van der Waals surface area contributed by atoms with Gasteiger partial charge in [-0.3, -0.25) is 4.79 Å². The van der Waals surface area contributed by atoms with Gasteiger partial charge in [-0.05, 0) is 40.3 Å². The molecule has 14 heavy (non-hydrogen) atoms. The van der Waals surface area contributed by atoms with Gasteiger partial charge in [-0.15, -0.1) is 0 Å². The van der Waals surface area contributed by atoms with E-state index in [-0.39, 0.29) is 15.1 Å². The quantitative estimate of drug-likeness (QED) is 0.514. The van der Waals surface area contributed by atoms with E-state index in [9.17, 15) is 13.6 Å². The van der Waals surface area contributed by atoms with Crippen LogP contribution in [0.1, 0.15) is 22.5 Å². The molecule has 0 fully saturated rings. The Morgan fingerprint density at radius 3 is 2.64 bits per heavy atom. The maximum atomic E-state index is 12.4. The number of pyridine rings is 1. The third kappa shape index (κ3) is 2.30. The van der Waals surface area contributed by atoms with Gasteiger partial charge in [0.2, 0.25) is 0 Å². The van der Waals surface area contributed by atoms with Crippen molar-refractivity contribution in [1.82, 2.24) is 4.98 Å². The Hall–Kier alpha value is -0.500. The van der Waals surface area contributed by atoms with Crippen molar-refractivity contribution >= 4 is 45.1 Å². The zero-order valence-electron chi connectivity index (χ0n) is 6.60. The van der Waals surface area contributed by atoms with Crippen molar-refractivity contribution in [3.05, 3.63) is 21.0 Å². The van der Waals surface area contributed by atoms with Gasteiger partial charge >= 0.3 is 0 Å². The molecule has 0 aliphatic rings. The first-order chi connectivity index (χ1) is 6.43. The topological polar surface area (TPSA) is 56.0 Å². The predicted molar refractivity (Wildman–Crippen MR) is 56.5 cm³/mol. The van der Waals surface area contributed by atoms with Crippen molar-refractivity contribution in [2.45, 2.75) is 6.43 Å². The van der Waals surface area contributed by atoms with E-state index in [0.717, 1.165) is 6.07 Å². The first-order valence-corrected chi connectivity index (χ1v) is 4.83. The van der Waals surface area contributed by atoms with Crippen LogP contribution in [0.4, 0.5) is 14.5 Å². The van der Waals surface area contributed by atoms with Gasteiger partial charge in [0.1, 0.15) is 9.39 Å². The molecule has 0 aromatic carbocycles. The lowest BCUT2D eigenvalue weighted by Crippen LogP contribution is -2.05. The van der Waals surface area contributed by atoms with Crippen LogP contribution in [0.5, 0.6) is 0 Å². The van der Waals surface area contributed by atoms with E-state index in [2.05, 4.69) is 4.98 Å². The Labute approximate surface area is 96.8 Å². The number of hydrogen-bond donors (Lipinski definition) is 1. The van der Waals surface area contributed by atoms with Crippen LogP contribution < -0.4 is 5.73 Å². The number of halogens is 4. The maximum absolute atomic E-state index is 12.4. The van der Waals surface area contributed by atoms with E-state index >= 15 is 0 Å². The summed E-state index contributed by atoms with van der Waals surface area (Å²) in [6, 6.07) is 0.900. The first-order valence-electron chi connectivity index (χ1n) is 3.37. The summed E-state index contributed by atoms with van der Waals surface area (Å²) in [6.45, 7) is 0. The molecule has 0 saturated carbocycles. The van der Waals surface area contributed by atoms with Gasteiger partial charge < -0.3 is 5.73 Å². The van der Waals surface area contributed by atoms with Gasteiger partial charge in [0.15, 0.2) is 0 Å². The summed E-state index contributed by atoms with van der Waals surface area (Å²) >= 11 is 6.78. The van der Waals surface area contributed by atoms with Crippen LogP contribution in [-0.2, 0) is 0 Å². The van der Waals surface area contributed by atoms with Gasteiger partial charge in [0, 0.05) is 5.56 Å². The summed E-state index contributed by atoms with van der Waals surface area (Å²) in [5, 5.41) is -0.884. The maximum Gasteiger partial charge on any atom is 0.270 e. The fourth-order valence-corrected chi connectivity index (χ4v) is 1.49. The lowest BCUT2D eigenvalue weighted by Gasteiger charge is -2.06. The second-order valence-corrected chi connectivity index (χ2v) is 3.74. The number of nitrogen functional groups attached to an aromatic ring is 1. The number of rotatable bonds is 2. The second-order valence-electron chi connectivity index (χ2n) is 2.38. The number of anilines is 1. The molecule has 1 aromatic heterocycles. The van der Waals surface area contributed by atoms with Crippen molar-refractivity contribution in [2.75, 3.05) is 5.73 Å². The summed E-state index contributed by atoms with van der Waals surface area (Å²) in [5.41, 5.74) is 4.58. The van der Waals surface area contributed by atoms with E-state index in [1.165, 1.54) is 0 Å². The Bertz CT molecular complexity index is 386. The zero-order chi connectivity index (χ0) is 10.9. The van der Waals surface area contributed by atoms with E-state index in [1.54, 1.807) is 22.6 Å². The zero-order valence-corrected chi connectivity index (χ0v) is 9.51. The molecule has 7 heteroatoms. The van der Waals surface area contributed by atoms with Crippen molar-refractivity contribution in [3.8, 4) is 0 Å². The number of nitrogens with two attached hydrogens (primary N) is 1. The van der Waals surface area contributed by atoms with Crippen molar-refractivity contribution in [2.24, 2.45) is 0 Å². The van der Waals surface area contributed by atoms with E-state index < -0.39 is 17.2 Å². The number of hydrogen-bond acceptors (Lipinski definition) is 3. The molecule has 0 amide bonds.